The summed E-state index contributed by atoms with van der Waals surface area (Å²) in [6.45, 7) is 5.38. The van der Waals surface area contributed by atoms with Gasteiger partial charge in [0.25, 0.3) is 0 Å². The number of alkyl carbamates (subject to hydrolysis) is 1. The molecule has 0 atom stereocenters. The third-order valence-corrected chi connectivity index (χ3v) is 4.09. The maximum Gasteiger partial charge on any atom is 0.407 e. The molecule has 0 spiro atoms. The molecule has 7 heteroatoms. The molecule has 3 aromatic rings. The second-order valence-electron chi connectivity index (χ2n) is 6.89. The molecule has 0 aliphatic heterocycles. The SMILES string of the molecule is CC(C)(C)OC(=O)NCc1ccc(-c2cc(Br)cn3nccc23)cc1F. The topological polar surface area (TPSA) is 55.6 Å². The van der Waals surface area contributed by atoms with Gasteiger partial charge >= 0.3 is 6.09 Å². The molecule has 3 rings (SSSR count). The Hall–Kier alpha value is -2.41. The zero-order valence-electron chi connectivity index (χ0n) is 14.7. The van der Waals surface area contributed by atoms with Crippen molar-refractivity contribution in [2.45, 2.75) is 32.9 Å². The number of carbonyl (C=O) groups is 1. The Morgan fingerprint density at radius 3 is 2.77 bits per heavy atom. The lowest BCUT2D eigenvalue weighted by atomic mass is 10.0. The van der Waals surface area contributed by atoms with E-state index in [1.807, 2.05) is 24.4 Å². The van der Waals surface area contributed by atoms with Gasteiger partial charge < -0.3 is 10.1 Å². The Labute approximate surface area is 159 Å². The molecule has 0 aliphatic carbocycles. The van der Waals surface area contributed by atoms with E-state index in [1.54, 1.807) is 37.5 Å². The average molecular weight is 420 g/mol. The van der Waals surface area contributed by atoms with E-state index < -0.39 is 17.5 Å². The summed E-state index contributed by atoms with van der Waals surface area (Å²) in [5.74, 6) is -0.392. The predicted molar refractivity (Wildman–Crippen MR) is 101 cm³/mol. The van der Waals surface area contributed by atoms with Gasteiger partial charge in [-0.2, -0.15) is 5.10 Å². The summed E-state index contributed by atoms with van der Waals surface area (Å²) in [5.41, 5.74) is 2.27. The van der Waals surface area contributed by atoms with Crippen LogP contribution in [0.1, 0.15) is 26.3 Å². The largest absolute Gasteiger partial charge is 0.444 e. The number of benzene rings is 1. The number of fused-ring (bicyclic) bond motifs is 1. The van der Waals surface area contributed by atoms with Crippen LogP contribution in [0.2, 0.25) is 0 Å². The average Bonchev–Trinajstić information content (AvgIpc) is 2.99. The maximum absolute atomic E-state index is 14.5. The molecule has 1 aromatic carbocycles. The number of hydrogen-bond acceptors (Lipinski definition) is 3. The molecule has 0 saturated carbocycles. The molecule has 26 heavy (non-hydrogen) atoms. The van der Waals surface area contributed by atoms with Gasteiger partial charge in [-0.25, -0.2) is 13.7 Å². The number of carbonyl (C=O) groups excluding carboxylic acids is 1. The monoisotopic (exact) mass is 419 g/mol. The van der Waals surface area contributed by atoms with Crippen LogP contribution >= 0.6 is 15.9 Å². The van der Waals surface area contributed by atoms with Crippen molar-refractivity contribution in [1.82, 2.24) is 14.9 Å². The highest BCUT2D eigenvalue weighted by Gasteiger charge is 2.16. The van der Waals surface area contributed by atoms with Crippen molar-refractivity contribution < 1.29 is 13.9 Å². The fraction of sp³-hybridized carbons (Fsp3) is 0.263. The quantitative estimate of drug-likeness (QED) is 0.654. The summed E-state index contributed by atoms with van der Waals surface area (Å²) in [5, 5.41) is 6.78. The van der Waals surface area contributed by atoms with Crippen LogP contribution in [0.25, 0.3) is 16.6 Å². The Balaban J connectivity index is 1.81. The van der Waals surface area contributed by atoms with Crippen LogP contribution in [0.3, 0.4) is 0 Å². The summed E-state index contributed by atoms with van der Waals surface area (Å²) >= 11 is 3.45. The first-order valence-electron chi connectivity index (χ1n) is 8.11. The number of hydrogen-bond donors (Lipinski definition) is 1. The molecule has 0 saturated heterocycles. The number of halogens is 2. The maximum atomic E-state index is 14.5. The van der Waals surface area contributed by atoms with E-state index in [0.29, 0.717) is 5.56 Å². The zero-order valence-corrected chi connectivity index (χ0v) is 16.3. The van der Waals surface area contributed by atoms with Crippen molar-refractivity contribution in [2.24, 2.45) is 0 Å². The van der Waals surface area contributed by atoms with Gasteiger partial charge in [0.2, 0.25) is 0 Å². The number of aromatic nitrogens is 2. The lowest BCUT2D eigenvalue weighted by Crippen LogP contribution is -2.32. The number of pyridine rings is 1. The van der Waals surface area contributed by atoms with Gasteiger partial charge in [0.05, 0.1) is 11.7 Å². The molecule has 136 valence electrons. The van der Waals surface area contributed by atoms with Gasteiger partial charge in [-0.15, -0.1) is 0 Å². The molecular weight excluding hydrogens is 401 g/mol. The lowest BCUT2D eigenvalue weighted by Gasteiger charge is -2.19. The van der Waals surface area contributed by atoms with E-state index in [2.05, 4.69) is 26.3 Å². The molecule has 0 fully saturated rings. The fourth-order valence-corrected chi connectivity index (χ4v) is 2.99. The highest BCUT2D eigenvalue weighted by Crippen LogP contribution is 2.29. The molecule has 0 radical (unpaired) electrons. The van der Waals surface area contributed by atoms with Crippen molar-refractivity contribution in [3.05, 3.63) is 58.6 Å². The zero-order chi connectivity index (χ0) is 18.9. The first-order chi connectivity index (χ1) is 12.2. The minimum atomic E-state index is -0.593. The Kier molecular flexibility index (Phi) is 5.00. The molecule has 2 aromatic heterocycles. The molecule has 2 heterocycles. The molecular formula is C19H19BrFN3O2. The van der Waals surface area contributed by atoms with Gasteiger partial charge in [0, 0.05) is 28.3 Å². The number of nitrogens with zero attached hydrogens (tertiary/aromatic N) is 2. The fourth-order valence-electron chi connectivity index (χ4n) is 2.57. The van der Waals surface area contributed by atoms with Crippen LogP contribution in [0.15, 0.2) is 47.2 Å². The first kappa shape index (κ1) is 18.4. The van der Waals surface area contributed by atoms with Crippen LogP contribution in [0, 0.1) is 5.82 Å². The van der Waals surface area contributed by atoms with Crippen molar-refractivity contribution in [3.63, 3.8) is 0 Å². The minimum absolute atomic E-state index is 0.0571. The smallest absolute Gasteiger partial charge is 0.407 e. The molecule has 1 N–H and O–H groups in total. The highest BCUT2D eigenvalue weighted by molar-refractivity contribution is 9.10. The second kappa shape index (κ2) is 7.07. The third kappa shape index (κ3) is 4.22. The van der Waals surface area contributed by atoms with E-state index in [-0.39, 0.29) is 6.54 Å². The minimum Gasteiger partial charge on any atom is -0.444 e. The summed E-state index contributed by atoms with van der Waals surface area (Å²) in [6.07, 6.45) is 2.96. The summed E-state index contributed by atoms with van der Waals surface area (Å²) < 4.78 is 22.3. The van der Waals surface area contributed by atoms with Gasteiger partial charge in [-0.05, 0) is 60.5 Å². The number of rotatable bonds is 3. The lowest BCUT2D eigenvalue weighted by molar-refractivity contribution is 0.0523. The number of nitrogens with one attached hydrogen (secondary N) is 1. The summed E-state index contributed by atoms with van der Waals surface area (Å²) in [4.78, 5) is 11.7. The Morgan fingerprint density at radius 1 is 1.31 bits per heavy atom. The predicted octanol–water partition coefficient (Wildman–Crippen LogP) is 4.93. The molecule has 0 aliphatic rings. The Bertz CT molecular complexity index is 963. The van der Waals surface area contributed by atoms with Crippen molar-refractivity contribution >= 4 is 27.5 Å². The van der Waals surface area contributed by atoms with Gasteiger partial charge in [-0.3, -0.25) is 0 Å². The molecule has 0 unspecified atom stereocenters. The van der Waals surface area contributed by atoms with Crippen LogP contribution in [0.5, 0.6) is 0 Å². The number of amides is 1. The van der Waals surface area contributed by atoms with Crippen LogP contribution in [-0.4, -0.2) is 21.3 Å². The first-order valence-corrected chi connectivity index (χ1v) is 8.91. The van der Waals surface area contributed by atoms with E-state index >= 15 is 0 Å². The molecule has 5 nitrogen and oxygen atoms in total. The van der Waals surface area contributed by atoms with Gasteiger partial charge in [0.1, 0.15) is 11.4 Å². The van der Waals surface area contributed by atoms with E-state index in [9.17, 15) is 9.18 Å². The summed E-state index contributed by atoms with van der Waals surface area (Å²) in [7, 11) is 0. The second-order valence-corrected chi connectivity index (χ2v) is 7.81. The highest BCUT2D eigenvalue weighted by atomic mass is 79.9. The van der Waals surface area contributed by atoms with Crippen LogP contribution < -0.4 is 5.32 Å². The summed E-state index contributed by atoms with van der Waals surface area (Å²) in [6, 6.07) is 8.74. The normalized spacial score (nSPS) is 11.6. The van der Waals surface area contributed by atoms with Gasteiger partial charge in [0.15, 0.2) is 0 Å². The van der Waals surface area contributed by atoms with E-state index in [1.165, 1.54) is 6.07 Å². The van der Waals surface area contributed by atoms with Gasteiger partial charge in [-0.1, -0.05) is 12.1 Å². The van der Waals surface area contributed by atoms with E-state index in [0.717, 1.165) is 21.1 Å². The number of ether oxygens (including phenoxy) is 1. The molecule has 1 amide bonds. The molecule has 0 bridgehead atoms. The van der Waals surface area contributed by atoms with Crippen molar-refractivity contribution in [3.8, 4) is 11.1 Å². The van der Waals surface area contributed by atoms with Crippen molar-refractivity contribution in [1.29, 1.82) is 0 Å². The standard InChI is InChI=1S/C19H19BrFN3O2/c1-19(2,3)26-18(25)22-10-13-5-4-12(8-16(13)21)15-9-14(20)11-24-17(15)6-7-23-24/h4-9,11H,10H2,1-3H3,(H,22,25). The van der Waals surface area contributed by atoms with Crippen LogP contribution in [0.4, 0.5) is 9.18 Å². The Morgan fingerprint density at radius 2 is 2.08 bits per heavy atom. The third-order valence-electron chi connectivity index (χ3n) is 3.66. The van der Waals surface area contributed by atoms with Crippen LogP contribution in [-0.2, 0) is 11.3 Å². The van der Waals surface area contributed by atoms with E-state index in [4.69, 9.17) is 4.74 Å². The van der Waals surface area contributed by atoms with Crippen molar-refractivity contribution in [2.75, 3.05) is 0 Å².